The minimum atomic E-state index is -4.30. The molecule has 0 spiro atoms. The molecule has 1 aliphatic heterocycles. The van der Waals surface area contributed by atoms with E-state index in [1.165, 1.54) is 0 Å². The summed E-state index contributed by atoms with van der Waals surface area (Å²) in [6.45, 7) is 1.59. The third-order valence-electron chi connectivity index (χ3n) is 2.96. The molecular formula is C8H11F3N2O. The Labute approximate surface area is 79.3 Å². The third kappa shape index (κ3) is 1.13. The summed E-state index contributed by atoms with van der Waals surface area (Å²) in [7, 11) is 0. The normalized spacial score (nSPS) is 31.0. The molecule has 14 heavy (non-hydrogen) atoms. The van der Waals surface area contributed by atoms with E-state index in [1.807, 2.05) is 0 Å². The number of nitrogens with one attached hydrogen (secondary N) is 1. The summed E-state index contributed by atoms with van der Waals surface area (Å²) in [5.41, 5.74) is -1.86. The Hall–Kier alpha value is -0.780. The molecule has 2 rings (SSSR count). The Morgan fingerprint density at radius 1 is 1.50 bits per heavy atom. The first kappa shape index (κ1) is 9.76. The van der Waals surface area contributed by atoms with Crippen molar-refractivity contribution in [3.8, 4) is 0 Å². The summed E-state index contributed by atoms with van der Waals surface area (Å²) in [6, 6.07) is -0.491. The summed E-state index contributed by atoms with van der Waals surface area (Å²) in [5.74, 6) is -0.445. The zero-order valence-electron chi connectivity index (χ0n) is 7.69. The van der Waals surface area contributed by atoms with Gasteiger partial charge in [0, 0.05) is 0 Å². The van der Waals surface area contributed by atoms with Gasteiger partial charge in [0.25, 0.3) is 0 Å². The van der Waals surface area contributed by atoms with E-state index in [9.17, 15) is 18.0 Å². The quantitative estimate of drug-likeness (QED) is 0.693. The van der Waals surface area contributed by atoms with Crippen LogP contribution in [0, 0.1) is 0 Å². The van der Waals surface area contributed by atoms with E-state index in [0.717, 1.165) is 4.90 Å². The Bertz CT molecular complexity index is 272. The predicted octanol–water partition coefficient (Wildman–Crippen LogP) is 0.859. The third-order valence-corrected chi connectivity index (χ3v) is 2.96. The molecule has 1 unspecified atom stereocenters. The van der Waals surface area contributed by atoms with Crippen molar-refractivity contribution in [3.05, 3.63) is 0 Å². The summed E-state index contributed by atoms with van der Waals surface area (Å²) in [5, 5.41) is 2.71. The van der Waals surface area contributed by atoms with Crippen LogP contribution in [0.2, 0.25) is 0 Å². The predicted molar refractivity (Wildman–Crippen MR) is 42.3 cm³/mol. The van der Waals surface area contributed by atoms with Crippen molar-refractivity contribution in [2.75, 3.05) is 6.67 Å². The molecule has 1 heterocycles. The van der Waals surface area contributed by atoms with Gasteiger partial charge < -0.3 is 4.90 Å². The number of alkyl halides is 3. The van der Waals surface area contributed by atoms with Gasteiger partial charge in [0.1, 0.15) is 5.54 Å². The van der Waals surface area contributed by atoms with Crippen molar-refractivity contribution in [2.24, 2.45) is 0 Å². The summed E-state index contributed by atoms with van der Waals surface area (Å²) < 4.78 is 37.9. The highest BCUT2D eigenvalue weighted by Gasteiger charge is 2.68. The van der Waals surface area contributed by atoms with E-state index in [0.29, 0.717) is 0 Å². The first-order valence-corrected chi connectivity index (χ1v) is 4.50. The molecule has 0 bridgehead atoms. The van der Waals surface area contributed by atoms with E-state index < -0.39 is 23.7 Å². The van der Waals surface area contributed by atoms with Gasteiger partial charge in [0.05, 0.1) is 12.7 Å². The van der Waals surface area contributed by atoms with Crippen molar-refractivity contribution < 1.29 is 18.0 Å². The fourth-order valence-electron chi connectivity index (χ4n) is 1.81. The summed E-state index contributed by atoms with van der Waals surface area (Å²) in [4.78, 5) is 12.3. The van der Waals surface area contributed by atoms with Gasteiger partial charge in [-0.15, -0.1) is 0 Å². The molecule has 0 aromatic heterocycles. The van der Waals surface area contributed by atoms with Crippen LogP contribution in [0.15, 0.2) is 0 Å². The topological polar surface area (TPSA) is 32.3 Å². The van der Waals surface area contributed by atoms with Gasteiger partial charge in [-0.25, -0.2) is 0 Å². The highest BCUT2D eigenvalue weighted by molar-refractivity contribution is 5.84. The van der Waals surface area contributed by atoms with Crippen LogP contribution in [0.1, 0.15) is 19.8 Å². The minimum absolute atomic E-state index is 0.0134. The van der Waals surface area contributed by atoms with Crippen molar-refractivity contribution >= 4 is 5.91 Å². The van der Waals surface area contributed by atoms with Gasteiger partial charge in [-0.1, -0.05) is 0 Å². The number of hydrogen-bond acceptors (Lipinski definition) is 2. The molecule has 1 aliphatic carbocycles. The van der Waals surface area contributed by atoms with E-state index in [1.54, 1.807) is 6.92 Å². The second-order valence-electron chi connectivity index (χ2n) is 3.88. The largest absolute Gasteiger partial charge is 0.411 e. The van der Waals surface area contributed by atoms with Gasteiger partial charge in [-0.05, 0) is 19.8 Å². The molecule has 80 valence electrons. The highest BCUT2D eigenvalue weighted by atomic mass is 19.4. The fraction of sp³-hybridized carbons (Fsp3) is 0.875. The van der Waals surface area contributed by atoms with E-state index >= 15 is 0 Å². The molecule has 1 N–H and O–H groups in total. The lowest BCUT2D eigenvalue weighted by Gasteiger charge is -2.29. The zero-order valence-corrected chi connectivity index (χ0v) is 7.69. The number of carbonyl (C=O) groups is 1. The molecule has 1 atom stereocenters. The maximum absolute atomic E-state index is 12.6. The average molecular weight is 208 g/mol. The van der Waals surface area contributed by atoms with Gasteiger partial charge in [0.15, 0.2) is 0 Å². The first-order valence-electron chi connectivity index (χ1n) is 4.50. The first-order chi connectivity index (χ1) is 6.38. The molecule has 0 aromatic rings. The molecule has 1 amide bonds. The average Bonchev–Trinajstić information content (AvgIpc) is 2.79. The van der Waals surface area contributed by atoms with Crippen LogP contribution in [-0.4, -0.2) is 35.2 Å². The lowest BCUT2D eigenvalue weighted by atomic mass is 10.2. The van der Waals surface area contributed by atoms with Crippen molar-refractivity contribution in [1.29, 1.82) is 0 Å². The number of carbonyl (C=O) groups excluding carboxylic acids is 1. The number of nitrogens with zero attached hydrogens (tertiary/aromatic N) is 1. The lowest BCUT2D eigenvalue weighted by molar-refractivity contribution is -0.197. The lowest BCUT2D eigenvalue weighted by Crippen LogP contribution is -2.49. The van der Waals surface area contributed by atoms with Gasteiger partial charge in [-0.2, -0.15) is 13.2 Å². The van der Waals surface area contributed by atoms with Crippen LogP contribution in [0.4, 0.5) is 13.2 Å². The number of hydrogen-bond donors (Lipinski definition) is 1. The van der Waals surface area contributed by atoms with Gasteiger partial charge in [0.2, 0.25) is 5.91 Å². The molecule has 3 nitrogen and oxygen atoms in total. The standard InChI is InChI=1S/C8H11F3N2O/c1-5-6(14)13(4-12-5)7(2-3-7)8(9,10)11/h5,12H,2-4H2,1H3. The molecule has 0 radical (unpaired) electrons. The second-order valence-corrected chi connectivity index (χ2v) is 3.88. The molecule has 0 aromatic carbocycles. The number of halogens is 3. The van der Waals surface area contributed by atoms with Crippen LogP contribution >= 0.6 is 0 Å². The van der Waals surface area contributed by atoms with E-state index in [-0.39, 0.29) is 19.5 Å². The molecule has 2 aliphatic rings. The Balaban J connectivity index is 2.21. The molecule has 6 heteroatoms. The van der Waals surface area contributed by atoms with Crippen molar-refractivity contribution in [3.63, 3.8) is 0 Å². The number of amides is 1. The van der Waals surface area contributed by atoms with Crippen LogP contribution in [-0.2, 0) is 4.79 Å². The van der Waals surface area contributed by atoms with Crippen LogP contribution in [0.5, 0.6) is 0 Å². The maximum atomic E-state index is 12.6. The summed E-state index contributed by atoms with van der Waals surface area (Å²) >= 11 is 0. The Kier molecular flexibility index (Phi) is 1.83. The molecule has 2 fully saturated rings. The molecule has 1 saturated carbocycles. The van der Waals surface area contributed by atoms with Crippen LogP contribution in [0.3, 0.4) is 0 Å². The molecular weight excluding hydrogens is 197 g/mol. The smallest absolute Gasteiger partial charge is 0.314 e. The van der Waals surface area contributed by atoms with E-state index in [4.69, 9.17) is 0 Å². The monoisotopic (exact) mass is 208 g/mol. The highest BCUT2D eigenvalue weighted by Crippen LogP contribution is 2.54. The summed E-state index contributed by atoms with van der Waals surface area (Å²) in [6.07, 6.45) is -4.22. The van der Waals surface area contributed by atoms with Crippen molar-refractivity contribution in [1.82, 2.24) is 10.2 Å². The second kappa shape index (κ2) is 2.62. The Morgan fingerprint density at radius 3 is 2.36 bits per heavy atom. The minimum Gasteiger partial charge on any atom is -0.314 e. The zero-order chi connectivity index (χ0) is 10.6. The maximum Gasteiger partial charge on any atom is 0.411 e. The SMILES string of the molecule is CC1NCN(C2(C(F)(F)F)CC2)C1=O. The number of rotatable bonds is 1. The Morgan fingerprint density at radius 2 is 2.07 bits per heavy atom. The molecule has 1 saturated heterocycles. The fourth-order valence-corrected chi connectivity index (χ4v) is 1.81. The van der Waals surface area contributed by atoms with Crippen LogP contribution < -0.4 is 5.32 Å². The van der Waals surface area contributed by atoms with Gasteiger partial charge >= 0.3 is 6.18 Å². The van der Waals surface area contributed by atoms with Gasteiger partial charge in [-0.3, -0.25) is 10.1 Å². The van der Waals surface area contributed by atoms with Crippen molar-refractivity contribution in [2.45, 2.75) is 37.5 Å². The van der Waals surface area contributed by atoms with Crippen LogP contribution in [0.25, 0.3) is 0 Å². The van der Waals surface area contributed by atoms with E-state index in [2.05, 4.69) is 5.32 Å².